The number of hydrogen-bond donors (Lipinski definition) is 0. The molecule has 4 aliphatic rings. The van der Waals surface area contributed by atoms with E-state index in [0.717, 1.165) is 50.8 Å². The zero-order chi connectivity index (χ0) is 63.7. The van der Waals surface area contributed by atoms with Crippen LogP contribution in [0.3, 0.4) is 0 Å². The van der Waals surface area contributed by atoms with Gasteiger partial charge in [0.15, 0.2) is 0 Å². The maximum Gasteiger partial charge on any atom is 0.252 e. The highest BCUT2D eigenvalue weighted by atomic mass is 15.2. The highest BCUT2D eigenvalue weighted by molar-refractivity contribution is 7.01. The lowest BCUT2D eigenvalue weighted by Crippen LogP contribution is -2.61. The first-order valence-electron chi connectivity index (χ1n) is 33.6. The predicted octanol–water partition coefficient (Wildman–Crippen LogP) is 19.6. The fraction of sp³-hybridized carbons (Fsp3) is 0. The van der Waals surface area contributed by atoms with Crippen LogP contribution in [0.2, 0.25) is 0 Å². The third-order valence-electron chi connectivity index (χ3n) is 20.7. The maximum atomic E-state index is 2.60. The molecule has 0 spiro atoms. The van der Waals surface area contributed by atoms with Gasteiger partial charge < -0.3 is 24.2 Å². The smallest absolute Gasteiger partial charge is 0.252 e. The van der Waals surface area contributed by atoms with E-state index in [1.165, 1.54) is 122 Å². The van der Waals surface area contributed by atoms with E-state index in [9.17, 15) is 0 Å². The van der Waals surface area contributed by atoms with E-state index in [-0.39, 0.29) is 13.4 Å². The summed E-state index contributed by atoms with van der Waals surface area (Å²) in [5, 5.41) is 2.40. The topological polar surface area (TPSA) is 17.9 Å². The maximum absolute atomic E-state index is 2.60. The number of benzene rings is 15. The Kier molecular flexibility index (Phi) is 12.5. The zero-order valence-electron chi connectivity index (χ0n) is 53.0. The van der Waals surface area contributed by atoms with Gasteiger partial charge in [0, 0.05) is 84.7 Å². The molecular formula is C90H59B2N5. The van der Waals surface area contributed by atoms with E-state index >= 15 is 0 Å². The Morgan fingerprint density at radius 3 is 0.794 bits per heavy atom. The van der Waals surface area contributed by atoms with E-state index in [4.69, 9.17) is 0 Å². The van der Waals surface area contributed by atoms with Gasteiger partial charge in [-0.25, -0.2) is 0 Å². The summed E-state index contributed by atoms with van der Waals surface area (Å²) in [6, 6.07) is 133. The highest BCUT2D eigenvalue weighted by Gasteiger charge is 2.46. The summed E-state index contributed by atoms with van der Waals surface area (Å²) in [5.74, 6) is 0. The zero-order valence-corrected chi connectivity index (χ0v) is 53.0. The van der Waals surface area contributed by atoms with Crippen molar-refractivity contribution >= 4 is 136 Å². The molecule has 15 aromatic carbocycles. The third-order valence-corrected chi connectivity index (χ3v) is 20.7. The summed E-state index contributed by atoms with van der Waals surface area (Å²) in [7, 11) is 0. The molecule has 0 unspecified atom stereocenters. The summed E-state index contributed by atoms with van der Waals surface area (Å²) in [6.07, 6.45) is 0. The Balaban J connectivity index is 0.866. The molecule has 450 valence electrons. The molecule has 4 aliphatic heterocycles. The fourth-order valence-corrected chi connectivity index (χ4v) is 16.5. The molecule has 20 rings (SSSR count). The van der Waals surface area contributed by atoms with Crippen LogP contribution in [-0.4, -0.2) is 18.0 Å². The van der Waals surface area contributed by atoms with Crippen molar-refractivity contribution in [2.75, 3.05) is 19.6 Å². The van der Waals surface area contributed by atoms with Crippen LogP contribution >= 0.6 is 0 Å². The van der Waals surface area contributed by atoms with Crippen LogP contribution < -0.4 is 52.4 Å². The first-order valence-corrected chi connectivity index (χ1v) is 33.6. The minimum Gasteiger partial charge on any atom is -0.311 e. The number of rotatable bonds is 9. The van der Waals surface area contributed by atoms with E-state index in [2.05, 4.69) is 382 Å². The minimum absolute atomic E-state index is 0.144. The monoisotopic (exact) mass is 1230 g/mol. The quantitative estimate of drug-likeness (QED) is 0.134. The van der Waals surface area contributed by atoms with E-state index in [1.807, 2.05) is 0 Å². The fourth-order valence-electron chi connectivity index (χ4n) is 16.5. The lowest BCUT2D eigenvalue weighted by atomic mass is 9.33. The molecule has 0 aliphatic carbocycles. The molecule has 1 aromatic heterocycles. The van der Waals surface area contributed by atoms with Crippen molar-refractivity contribution in [1.82, 2.24) is 4.57 Å². The molecular weight excluding hydrogens is 1170 g/mol. The Hall–Kier alpha value is -12.6. The number of aromatic nitrogens is 1. The first kappa shape index (κ1) is 54.9. The number of anilines is 12. The lowest BCUT2D eigenvalue weighted by Gasteiger charge is -2.44. The molecule has 5 heterocycles. The highest BCUT2D eigenvalue weighted by Crippen LogP contribution is 2.50. The van der Waals surface area contributed by atoms with Gasteiger partial charge in [-0.15, -0.1) is 0 Å². The summed E-state index contributed by atoms with van der Waals surface area (Å²) in [4.78, 5) is 10.1. The number of nitrogens with zero attached hydrogens (tertiary/aromatic N) is 5. The van der Waals surface area contributed by atoms with Crippen molar-refractivity contribution in [1.29, 1.82) is 0 Å². The molecule has 0 bridgehead atoms. The van der Waals surface area contributed by atoms with Gasteiger partial charge >= 0.3 is 0 Å². The van der Waals surface area contributed by atoms with Crippen molar-refractivity contribution in [2.24, 2.45) is 0 Å². The first-order chi connectivity index (χ1) is 48.1. The molecule has 0 N–H and O–H groups in total. The van der Waals surface area contributed by atoms with Gasteiger partial charge in [0.05, 0.1) is 11.0 Å². The Morgan fingerprint density at radius 2 is 0.443 bits per heavy atom. The Morgan fingerprint density at radius 1 is 0.175 bits per heavy atom. The van der Waals surface area contributed by atoms with E-state index in [1.54, 1.807) is 0 Å². The van der Waals surface area contributed by atoms with Crippen LogP contribution in [0.1, 0.15) is 0 Å². The number of para-hydroxylation sites is 3. The molecule has 0 radical (unpaired) electrons. The van der Waals surface area contributed by atoms with Crippen molar-refractivity contribution in [3.63, 3.8) is 0 Å². The number of fused-ring (bicyclic) bond motifs is 11. The normalized spacial score (nSPS) is 13.0. The molecule has 5 nitrogen and oxygen atoms in total. The van der Waals surface area contributed by atoms with Crippen LogP contribution in [0, 0.1) is 0 Å². The molecule has 0 saturated heterocycles. The summed E-state index contributed by atoms with van der Waals surface area (Å²) >= 11 is 0. The molecule has 7 heteroatoms. The van der Waals surface area contributed by atoms with Crippen molar-refractivity contribution in [2.45, 2.75) is 0 Å². The average Bonchev–Trinajstić information content (AvgIpc) is 1.68. The van der Waals surface area contributed by atoms with Crippen LogP contribution in [0.15, 0.2) is 358 Å². The van der Waals surface area contributed by atoms with Gasteiger partial charge in [-0.05, 0) is 186 Å². The standard InChI is InChI=1S/C90H59B2N5/c1-8-24-60(25-9-1)64-42-48-71(49-43-64)93-79-52-46-66(62-28-12-3-13-29-62)54-75(79)91-77-56-73-74-57-78-88(59-86(74)97(70-36-20-7-21-37-70)85(73)58-87(77)95(68-32-16-5-17-33-68)83-40-22-38-81(93)89(83)91)96(69-34-18-6-19-35-69)84-41-23-39-82-90(84)92(78)76-55-67(63-30-14-4-15-31-63)47-53-80(76)94(82)72-50-44-65(45-51-72)61-26-10-2-11-27-61/h1-59H. The SMILES string of the molecule is c1ccc(-c2ccc(N3c4ccc(-c5ccccc5)cc4B4c5cc6c7cc8c(cc7n(-c7ccccc7)c6cc5N(c5ccccc5)c5cccc3c54)N(c3ccccc3)c3cccc4c3B8c3cc(-c5ccccc5)ccc3N4c3ccc(-c4ccccc4)cc3)cc2)cc1. The van der Waals surface area contributed by atoms with Gasteiger partial charge in [-0.1, -0.05) is 249 Å². The second-order valence-corrected chi connectivity index (χ2v) is 25.9. The lowest BCUT2D eigenvalue weighted by molar-refractivity contribution is 1.17. The van der Waals surface area contributed by atoms with Gasteiger partial charge in [-0.3, -0.25) is 0 Å². The largest absolute Gasteiger partial charge is 0.311 e. The van der Waals surface area contributed by atoms with Crippen LogP contribution in [-0.2, 0) is 0 Å². The van der Waals surface area contributed by atoms with Crippen LogP contribution in [0.5, 0.6) is 0 Å². The van der Waals surface area contributed by atoms with Crippen molar-refractivity contribution < 1.29 is 0 Å². The number of hydrogen-bond acceptors (Lipinski definition) is 4. The second-order valence-electron chi connectivity index (χ2n) is 25.9. The van der Waals surface area contributed by atoms with Gasteiger partial charge in [0.2, 0.25) is 0 Å². The third kappa shape index (κ3) is 8.61. The van der Waals surface area contributed by atoms with Gasteiger partial charge in [0.25, 0.3) is 13.4 Å². The molecule has 0 fully saturated rings. The predicted molar refractivity (Wildman–Crippen MR) is 411 cm³/mol. The van der Waals surface area contributed by atoms with Crippen molar-refractivity contribution in [3.8, 4) is 50.2 Å². The summed E-state index contributed by atoms with van der Waals surface area (Å²) in [5.41, 5.74) is 34.3. The minimum atomic E-state index is -0.144. The van der Waals surface area contributed by atoms with Crippen LogP contribution in [0.25, 0.3) is 72.0 Å². The summed E-state index contributed by atoms with van der Waals surface area (Å²) < 4.78 is 2.54. The molecule has 16 aromatic rings. The van der Waals surface area contributed by atoms with Crippen molar-refractivity contribution in [3.05, 3.63) is 358 Å². The van der Waals surface area contributed by atoms with E-state index in [0.29, 0.717) is 0 Å². The van der Waals surface area contributed by atoms with Crippen LogP contribution in [0.4, 0.5) is 68.2 Å². The van der Waals surface area contributed by atoms with Gasteiger partial charge in [0.1, 0.15) is 0 Å². The second kappa shape index (κ2) is 22.0. The molecule has 97 heavy (non-hydrogen) atoms. The van der Waals surface area contributed by atoms with Gasteiger partial charge in [-0.2, -0.15) is 0 Å². The Bertz CT molecular complexity index is 5420. The summed E-state index contributed by atoms with van der Waals surface area (Å²) in [6.45, 7) is -0.289. The molecule has 0 amide bonds. The van der Waals surface area contributed by atoms with E-state index < -0.39 is 0 Å². The molecule has 0 saturated carbocycles. The Labute approximate surface area is 565 Å². The average molecular weight is 1230 g/mol. The molecule has 0 atom stereocenters.